The van der Waals surface area contributed by atoms with E-state index in [4.69, 9.17) is 0 Å². The number of amides is 1. The van der Waals surface area contributed by atoms with Crippen molar-refractivity contribution in [1.29, 1.82) is 0 Å². The van der Waals surface area contributed by atoms with E-state index in [-0.39, 0.29) is 5.69 Å². The van der Waals surface area contributed by atoms with Crippen LogP contribution in [0.3, 0.4) is 0 Å². The molecule has 0 unspecified atom stereocenters. The zero-order valence-electron chi connectivity index (χ0n) is 12.1. The number of benzene rings is 1. The van der Waals surface area contributed by atoms with E-state index in [0.29, 0.717) is 10.9 Å². The van der Waals surface area contributed by atoms with Crippen LogP contribution in [-0.2, 0) is 4.74 Å². The van der Waals surface area contributed by atoms with Crippen molar-refractivity contribution in [3.05, 3.63) is 50.7 Å². The first-order valence-electron chi connectivity index (χ1n) is 6.29. The van der Waals surface area contributed by atoms with Crippen LogP contribution in [0.15, 0.2) is 18.2 Å². The van der Waals surface area contributed by atoms with Gasteiger partial charge in [0, 0.05) is 10.9 Å². The van der Waals surface area contributed by atoms with Gasteiger partial charge in [0.15, 0.2) is 0 Å². The molecular formula is C15H13F2NO3S. The maximum atomic E-state index is 13.8. The van der Waals surface area contributed by atoms with E-state index in [1.54, 1.807) is 6.07 Å². The molecule has 1 heterocycles. The van der Waals surface area contributed by atoms with Gasteiger partial charge in [-0.3, -0.25) is 4.79 Å². The van der Waals surface area contributed by atoms with Crippen LogP contribution in [0.25, 0.3) is 0 Å². The summed E-state index contributed by atoms with van der Waals surface area (Å²) in [7, 11) is 1.08. The highest BCUT2D eigenvalue weighted by Crippen LogP contribution is 2.24. The summed E-state index contributed by atoms with van der Waals surface area (Å²) in [5.74, 6) is -3.49. The number of nitrogens with one attached hydrogen (secondary N) is 1. The van der Waals surface area contributed by atoms with Crippen molar-refractivity contribution in [2.45, 2.75) is 13.8 Å². The van der Waals surface area contributed by atoms with Crippen molar-refractivity contribution in [3.8, 4) is 0 Å². The fourth-order valence-electron chi connectivity index (χ4n) is 1.78. The number of carbonyl (C=O) groups excluding carboxylic acids is 2. The number of carbonyl (C=O) groups is 2. The Morgan fingerprint density at radius 2 is 1.82 bits per heavy atom. The normalized spacial score (nSPS) is 10.4. The number of hydrogen-bond acceptors (Lipinski definition) is 4. The van der Waals surface area contributed by atoms with E-state index in [0.717, 1.165) is 23.6 Å². The fraction of sp³-hybridized carbons (Fsp3) is 0.200. The molecule has 1 amide bonds. The molecule has 2 rings (SSSR count). The topological polar surface area (TPSA) is 55.4 Å². The van der Waals surface area contributed by atoms with Gasteiger partial charge in [-0.15, -0.1) is 11.3 Å². The Kier molecular flexibility index (Phi) is 4.56. The van der Waals surface area contributed by atoms with E-state index in [1.165, 1.54) is 11.3 Å². The second kappa shape index (κ2) is 6.23. The highest BCUT2D eigenvalue weighted by Gasteiger charge is 2.19. The van der Waals surface area contributed by atoms with E-state index in [2.05, 4.69) is 10.1 Å². The van der Waals surface area contributed by atoms with Crippen molar-refractivity contribution in [3.63, 3.8) is 0 Å². The molecule has 0 bridgehead atoms. The van der Waals surface area contributed by atoms with Gasteiger partial charge < -0.3 is 10.1 Å². The average molecular weight is 325 g/mol. The van der Waals surface area contributed by atoms with Crippen molar-refractivity contribution in [2.75, 3.05) is 12.4 Å². The number of methoxy groups -OCH3 is 1. The number of hydrogen-bond donors (Lipinski definition) is 1. The molecule has 22 heavy (non-hydrogen) atoms. The van der Waals surface area contributed by atoms with Crippen LogP contribution in [0.5, 0.6) is 0 Å². The van der Waals surface area contributed by atoms with Gasteiger partial charge >= 0.3 is 5.97 Å². The number of halogens is 2. The molecule has 0 aliphatic carbocycles. The molecule has 0 aliphatic rings. The molecule has 0 spiro atoms. The molecule has 0 aliphatic heterocycles. The first-order chi connectivity index (χ1) is 10.3. The highest BCUT2D eigenvalue weighted by atomic mass is 32.1. The predicted molar refractivity (Wildman–Crippen MR) is 79.4 cm³/mol. The van der Waals surface area contributed by atoms with Gasteiger partial charge in [-0.05, 0) is 31.5 Å². The third kappa shape index (κ3) is 3.14. The first-order valence-corrected chi connectivity index (χ1v) is 7.11. The summed E-state index contributed by atoms with van der Waals surface area (Å²) in [6, 6.07) is 3.13. The van der Waals surface area contributed by atoms with Crippen molar-refractivity contribution >= 4 is 28.9 Å². The molecule has 116 valence electrons. The summed E-state index contributed by atoms with van der Waals surface area (Å²) in [5.41, 5.74) is 0.221. The molecular weight excluding hydrogens is 312 g/mol. The molecule has 1 N–H and O–H groups in total. The maximum Gasteiger partial charge on any atom is 0.340 e. The third-order valence-corrected chi connectivity index (χ3v) is 4.25. The van der Waals surface area contributed by atoms with Gasteiger partial charge in [-0.2, -0.15) is 0 Å². The molecule has 0 radical (unpaired) electrons. The summed E-state index contributed by atoms with van der Waals surface area (Å²) < 4.78 is 31.7. The minimum absolute atomic E-state index is 0.282. The van der Waals surface area contributed by atoms with Gasteiger partial charge in [0.2, 0.25) is 0 Å². The van der Waals surface area contributed by atoms with E-state index >= 15 is 0 Å². The average Bonchev–Trinajstić information content (AvgIpc) is 2.81. The minimum Gasteiger partial charge on any atom is -0.465 e. The zero-order chi connectivity index (χ0) is 16.4. The van der Waals surface area contributed by atoms with Crippen LogP contribution < -0.4 is 5.32 Å². The largest absolute Gasteiger partial charge is 0.465 e. The van der Waals surface area contributed by atoms with E-state index < -0.39 is 29.1 Å². The third-order valence-electron chi connectivity index (χ3n) is 3.10. The Morgan fingerprint density at radius 3 is 2.36 bits per heavy atom. The van der Waals surface area contributed by atoms with Crippen molar-refractivity contribution < 1.29 is 23.1 Å². The van der Waals surface area contributed by atoms with Gasteiger partial charge in [-0.25, -0.2) is 13.6 Å². The van der Waals surface area contributed by atoms with Crippen LogP contribution in [0, 0.1) is 25.5 Å². The summed E-state index contributed by atoms with van der Waals surface area (Å²) in [4.78, 5) is 24.9. The Balaban J connectivity index is 2.32. The summed E-state index contributed by atoms with van der Waals surface area (Å²) in [6.45, 7) is 3.72. The second-order valence-electron chi connectivity index (χ2n) is 4.61. The number of esters is 1. The lowest BCUT2D eigenvalue weighted by molar-refractivity contribution is 0.0595. The van der Waals surface area contributed by atoms with Crippen LogP contribution in [0.2, 0.25) is 0 Å². The van der Waals surface area contributed by atoms with Gasteiger partial charge in [0.25, 0.3) is 5.91 Å². The smallest absolute Gasteiger partial charge is 0.340 e. The molecule has 0 saturated heterocycles. The Hall–Kier alpha value is -2.28. The number of thiophene rings is 1. The zero-order valence-corrected chi connectivity index (χ0v) is 12.9. The monoisotopic (exact) mass is 325 g/mol. The standard InChI is InChI=1S/C15H13F2NO3S/c1-7-4-13(22-8(7)2)14(19)18-12-5-9(15(20)21-3)10(16)6-11(12)17/h4-6H,1-3H3,(H,18,19). The molecule has 0 saturated carbocycles. The van der Waals surface area contributed by atoms with Crippen LogP contribution in [0.1, 0.15) is 30.5 Å². The van der Waals surface area contributed by atoms with Crippen LogP contribution in [0.4, 0.5) is 14.5 Å². The van der Waals surface area contributed by atoms with Crippen molar-refractivity contribution in [1.82, 2.24) is 0 Å². The van der Waals surface area contributed by atoms with E-state index in [1.807, 2.05) is 13.8 Å². The first kappa shape index (κ1) is 16.1. The fourth-order valence-corrected chi connectivity index (χ4v) is 2.71. The maximum absolute atomic E-state index is 13.8. The Morgan fingerprint density at radius 1 is 1.14 bits per heavy atom. The lowest BCUT2D eigenvalue weighted by Crippen LogP contribution is -2.13. The van der Waals surface area contributed by atoms with Crippen molar-refractivity contribution in [2.24, 2.45) is 0 Å². The molecule has 1 aromatic heterocycles. The summed E-state index contributed by atoms with van der Waals surface area (Å²) in [5, 5.41) is 2.34. The lowest BCUT2D eigenvalue weighted by Gasteiger charge is -2.08. The summed E-state index contributed by atoms with van der Waals surface area (Å²) in [6.07, 6.45) is 0. The lowest BCUT2D eigenvalue weighted by atomic mass is 10.1. The second-order valence-corrected chi connectivity index (χ2v) is 5.86. The number of rotatable bonds is 3. The van der Waals surface area contributed by atoms with Gasteiger partial charge in [0.05, 0.1) is 23.2 Å². The number of ether oxygens (including phenoxy) is 1. The Labute approximate surface area is 129 Å². The molecule has 2 aromatic rings. The molecule has 0 atom stereocenters. The van der Waals surface area contributed by atoms with Gasteiger partial charge in [0.1, 0.15) is 11.6 Å². The number of aryl methyl sites for hydroxylation is 2. The predicted octanol–water partition coefficient (Wildman–Crippen LogP) is 3.68. The summed E-state index contributed by atoms with van der Waals surface area (Å²) >= 11 is 1.27. The SMILES string of the molecule is COC(=O)c1cc(NC(=O)c2cc(C)c(C)s2)c(F)cc1F. The van der Waals surface area contributed by atoms with Gasteiger partial charge in [-0.1, -0.05) is 0 Å². The van der Waals surface area contributed by atoms with Crippen LogP contribution >= 0.6 is 11.3 Å². The quantitative estimate of drug-likeness (QED) is 0.876. The highest BCUT2D eigenvalue weighted by molar-refractivity contribution is 7.14. The number of anilines is 1. The van der Waals surface area contributed by atoms with E-state index in [9.17, 15) is 18.4 Å². The molecule has 7 heteroatoms. The Bertz CT molecular complexity index is 736. The molecule has 0 fully saturated rings. The molecule has 1 aromatic carbocycles. The molecule has 4 nitrogen and oxygen atoms in total. The van der Waals surface area contributed by atoms with Crippen LogP contribution in [-0.4, -0.2) is 19.0 Å². The minimum atomic E-state index is -1.05.